The Labute approximate surface area is 215 Å². The summed E-state index contributed by atoms with van der Waals surface area (Å²) in [7, 11) is 0. The lowest BCUT2D eigenvalue weighted by molar-refractivity contribution is 0.0693. The van der Waals surface area contributed by atoms with E-state index in [1.165, 1.54) is 38.2 Å². The molecular formula is C31H40O5. The van der Waals surface area contributed by atoms with Crippen LogP contribution in [-0.4, -0.2) is 29.6 Å². The molecule has 36 heavy (non-hydrogen) atoms. The highest BCUT2D eigenvalue weighted by molar-refractivity contribution is 6.07. The Hall–Kier alpha value is -3.08. The van der Waals surface area contributed by atoms with E-state index in [1.54, 1.807) is 18.2 Å². The molecule has 3 rings (SSSR count). The van der Waals surface area contributed by atoms with Gasteiger partial charge in [0.05, 0.1) is 18.3 Å². The summed E-state index contributed by atoms with van der Waals surface area (Å²) in [6, 6.07) is 9.10. The molecule has 2 aromatic carbocycles. The molecule has 1 saturated carbocycles. The van der Waals surface area contributed by atoms with Crippen LogP contribution in [-0.2, 0) is 12.8 Å². The molecule has 0 aromatic heterocycles. The first kappa shape index (κ1) is 27.5. The van der Waals surface area contributed by atoms with Crippen molar-refractivity contribution in [2.45, 2.75) is 85.2 Å². The van der Waals surface area contributed by atoms with Gasteiger partial charge in [-0.25, -0.2) is 4.79 Å². The fourth-order valence-corrected chi connectivity index (χ4v) is 4.98. The SMILES string of the molecule is CCc1cc(C=CC(=O)c2ccc(OCCC3CCCCC3)cc2)c(OC(C)C)c(CC)c1C(=O)O. The van der Waals surface area contributed by atoms with Gasteiger partial charge in [0, 0.05) is 16.7 Å². The monoisotopic (exact) mass is 492 g/mol. The molecule has 5 nitrogen and oxygen atoms in total. The number of hydrogen-bond acceptors (Lipinski definition) is 4. The second-order valence-corrected chi connectivity index (χ2v) is 9.85. The third-order valence-corrected chi connectivity index (χ3v) is 6.86. The summed E-state index contributed by atoms with van der Waals surface area (Å²) in [6.07, 6.45) is 12.0. The number of carboxylic acid groups (broad SMARTS) is 1. The number of aromatic carboxylic acids is 1. The van der Waals surface area contributed by atoms with Crippen molar-refractivity contribution in [3.05, 3.63) is 64.2 Å². The van der Waals surface area contributed by atoms with Crippen molar-refractivity contribution < 1.29 is 24.2 Å². The van der Waals surface area contributed by atoms with Crippen LogP contribution >= 0.6 is 0 Å². The second kappa shape index (κ2) is 13.3. The van der Waals surface area contributed by atoms with E-state index in [-0.39, 0.29) is 11.9 Å². The first-order valence-electron chi connectivity index (χ1n) is 13.4. The highest BCUT2D eigenvalue weighted by Gasteiger charge is 2.22. The molecule has 0 aliphatic heterocycles. The lowest BCUT2D eigenvalue weighted by Gasteiger charge is -2.21. The van der Waals surface area contributed by atoms with E-state index in [0.29, 0.717) is 41.9 Å². The van der Waals surface area contributed by atoms with Crippen LogP contribution in [0.1, 0.15) is 104 Å². The molecule has 0 atom stereocenters. The fourth-order valence-electron chi connectivity index (χ4n) is 4.98. The molecule has 0 heterocycles. The summed E-state index contributed by atoms with van der Waals surface area (Å²) < 4.78 is 12.0. The van der Waals surface area contributed by atoms with Crippen molar-refractivity contribution in [2.75, 3.05) is 6.61 Å². The van der Waals surface area contributed by atoms with Crippen molar-refractivity contribution in [3.63, 3.8) is 0 Å². The van der Waals surface area contributed by atoms with Gasteiger partial charge in [0.2, 0.25) is 0 Å². The van der Waals surface area contributed by atoms with Gasteiger partial charge >= 0.3 is 5.97 Å². The molecule has 2 aromatic rings. The smallest absolute Gasteiger partial charge is 0.336 e. The number of rotatable bonds is 12. The molecule has 0 unspecified atom stereocenters. The molecule has 194 valence electrons. The number of hydrogen-bond donors (Lipinski definition) is 1. The average molecular weight is 493 g/mol. The predicted octanol–water partition coefficient (Wildman–Crippen LogP) is 7.54. The minimum Gasteiger partial charge on any atom is -0.494 e. The number of benzene rings is 2. The lowest BCUT2D eigenvalue weighted by atomic mass is 9.87. The van der Waals surface area contributed by atoms with Gasteiger partial charge in [-0.2, -0.15) is 0 Å². The summed E-state index contributed by atoms with van der Waals surface area (Å²) in [6.45, 7) is 8.38. The molecule has 0 spiro atoms. The highest BCUT2D eigenvalue weighted by atomic mass is 16.5. The molecule has 0 bridgehead atoms. The Balaban J connectivity index is 1.74. The van der Waals surface area contributed by atoms with Crippen molar-refractivity contribution in [1.82, 2.24) is 0 Å². The van der Waals surface area contributed by atoms with E-state index in [1.807, 2.05) is 45.9 Å². The molecule has 1 fully saturated rings. The molecule has 0 saturated heterocycles. The first-order chi connectivity index (χ1) is 17.3. The third-order valence-electron chi connectivity index (χ3n) is 6.86. The Bertz CT molecular complexity index is 1060. The summed E-state index contributed by atoms with van der Waals surface area (Å²) in [4.78, 5) is 24.9. The van der Waals surface area contributed by atoms with Crippen LogP contribution in [0, 0.1) is 5.92 Å². The predicted molar refractivity (Wildman–Crippen MR) is 144 cm³/mol. The standard InChI is InChI=1S/C31H40O5/c1-5-23-20-25(30(36-21(3)4)27(6-2)29(23)31(33)34)14-17-28(32)24-12-15-26(16-13-24)35-19-18-22-10-8-7-9-11-22/h12-17,20-22H,5-11,18-19H2,1-4H3,(H,33,34). The molecule has 1 aliphatic carbocycles. The number of carbonyl (C=O) groups excluding carboxylic acids is 1. The van der Waals surface area contributed by atoms with Gasteiger partial charge in [0.1, 0.15) is 11.5 Å². The van der Waals surface area contributed by atoms with Gasteiger partial charge in [0.25, 0.3) is 0 Å². The van der Waals surface area contributed by atoms with Crippen LogP contribution in [0.25, 0.3) is 6.08 Å². The van der Waals surface area contributed by atoms with Crippen molar-refractivity contribution in [1.29, 1.82) is 0 Å². The quantitative estimate of drug-likeness (QED) is 0.245. The molecular weight excluding hydrogens is 452 g/mol. The zero-order valence-electron chi connectivity index (χ0n) is 22.1. The molecule has 1 N–H and O–H groups in total. The summed E-state index contributed by atoms with van der Waals surface area (Å²) in [5, 5.41) is 9.83. The normalized spacial score (nSPS) is 14.4. The maximum Gasteiger partial charge on any atom is 0.336 e. The third kappa shape index (κ3) is 7.22. The zero-order chi connectivity index (χ0) is 26.1. The number of carboxylic acids is 1. The van der Waals surface area contributed by atoms with Crippen molar-refractivity contribution >= 4 is 17.8 Å². The van der Waals surface area contributed by atoms with E-state index in [4.69, 9.17) is 9.47 Å². The number of carbonyl (C=O) groups is 2. The lowest BCUT2D eigenvalue weighted by Crippen LogP contribution is -2.14. The van der Waals surface area contributed by atoms with Gasteiger partial charge in [-0.05, 0) is 87.1 Å². The van der Waals surface area contributed by atoms with E-state index in [2.05, 4.69) is 0 Å². The van der Waals surface area contributed by atoms with E-state index in [0.717, 1.165) is 29.2 Å². The van der Waals surface area contributed by atoms with Crippen LogP contribution in [0.5, 0.6) is 11.5 Å². The van der Waals surface area contributed by atoms with Crippen molar-refractivity contribution in [3.8, 4) is 11.5 Å². The second-order valence-electron chi connectivity index (χ2n) is 9.85. The van der Waals surface area contributed by atoms with Crippen LogP contribution in [0.3, 0.4) is 0 Å². The van der Waals surface area contributed by atoms with Crippen LogP contribution in [0.2, 0.25) is 0 Å². The van der Waals surface area contributed by atoms with Gasteiger partial charge in [0.15, 0.2) is 5.78 Å². The Morgan fingerprint density at radius 1 is 1.06 bits per heavy atom. The van der Waals surface area contributed by atoms with E-state index >= 15 is 0 Å². The van der Waals surface area contributed by atoms with Crippen LogP contribution in [0.4, 0.5) is 0 Å². The first-order valence-corrected chi connectivity index (χ1v) is 13.4. The topological polar surface area (TPSA) is 72.8 Å². The molecule has 0 amide bonds. The van der Waals surface area contributed by atoms with Crippen molar-refractivity contribution in [2.24, 2.45) is 5.92 Å². The van der Waals surface area contributed by atoms with Gasteiger partial charge in [-0.1, -0.05) is 46.0 Å². The highest BCUT2D eigenvalue weighted by Crippen LogP contribution is 2.34. The maximum atomic E-state index is 12.9. The number of ketones is 1. The van der Waals surface area contributed by atoms with Crippen LogP contribution in [0.15, 0.2) is 36.4 Å². The minimum absolute atomic E-state index is 0.127. The largest absolute Gasteiger partial charge is 0.494 e. The number of ether oxygens (including phenoxy) is 2. The molecule has 1 aliphatic rings. The van der Waals surface area contributed by atoms with E-state index < -0.39 is 5.97 Å². The summed E-state index contributed by atoms with van der Waals surface area (Å²) in [5.41, 5.74) is 3.00. The maximum absolute atomic E-state index is 12.9. The summed E-state index contributed by atoms with van der Waals surface area (Å²) >= 11 is 0. The zero-order valence-corrected chi connectivity index (χ0v) is 22.1. The number of allylic oxidation sites excluding steroid dienone is 1. The number of aryl methyl sites for hydroxylation is 1. The Kier molecular flexibility index (Phi) is 10.2. The molecule has 0 radical (unpaired) electrons. The fraction of sp³-hybridized carbons (Fsp3) is 0.484. The van der Waals surface area contributed by atoms with Gasteiger partial charge in [-0.15, -0.1) is 0 Å². The van der Waals surface area contributed by atoms with Gasteiger partial charge < -0.3 is 14.6 Å². The summed E-state index contributed by atoms with van der Waals surface area (Å²) in [5.74, 6) is 1.01. The Morgan fingerprint density at radius 3 is 2.33 bits per heavy atom. The molecule has 5 heteroatoms. The minimum atomic E-state index is -0.954. The van der Waals surface area contributed by atoms with E-state index in [9.17, 15) is 14.7 Å². The van der Waals surface area contributed by atoms with Crippen LogP contribution < -0.4 is 9.47 Å². The Morgan fingerprint density at radius 2 is 1.75 bits per heavy atom. The average Bonchev–Trinajstić information content (AvgIpc) is 2.87. The van der Waals surface area contributed by atoms with Gasteiger partial charge in [-0.3, -0.25) is 4.79 Å².